The van der Waals surface area contributed by atoms with Crippen LogP contribution in [0, 0.1) is 13.8 Å². The monoisotopic (exact) mass is 312 g/mol. The van der Waals surface area contributed by atoms with Gasteiger partial charge in [0.15, 0.2) is 0 Å². The molecule has 1 aromatic carbocycles. The maximum Gasteiger partial charge on any atom is 0.243 e. The molecule has 0 radical (unpaired) electrons. The fourth-order valence-corrected chi connectivity index (χ4v) is 4.28. The maximum absolute atomic E-state index is 12.8. The second-order valence-corrected chi connectivity index (χ2v) is 7.72. The van der Waals surface area contributed by atoms with Crippen molar-refractivity contribution in [2.75, 3.05) is 6.54 Å². The van der Waals surface area contributed by atoms with Crippen molar-refractivity contribution < 1.29 is 8.42 Å². The molecule has 0 spiro atoms. The fraction of sp³-hybridized carbons (Fsp3) is 0.500. The lowest BCUT2D eigenvalue weighted by Gasteiger charge is -2.22. The Morgan fingerprint density at radius 1 is 1.40 bits per heavy atom. The maximum atomic E-state index is 12.8. The Bertz CT molecular complexity index is 622. The standard InChI is InChI=1S/C14H20N2O2S2/c1-10-3-6-13(11(2)9-10)20(17,18)16(12-4-5-12)8-7-14(15)19/h3,6,9,12H,4-5,7-8H2,1-2H3,(H2,15,19). The van der Waals surface area contributed by atoms with Gasteiger partial charge >= 0.3 is 0 Å². The molecule has 4 nitrogen and oxygen atoms in total. The van der Waals surface area contributed by atoms with Gasteiger partial charge in [0.05, 0.1) is 9.88 Å². The van der Waals surface area contributed by atoms with Gasteiger partial charge in [-0.15, -0.1) is 0 Å². The molecule has 0 saturated heterocycles. The molecule has 1 aliphatic carbocycles. The third-order valence-electron chi connectivity index (χ3n) is 3.45. The number of benzene rings is 1. The molecule has 20 heavy (non-hydrogen) atoms. The van der Waals surface area contributed by atoms with E-state index in [-0.39, 0.29) is 6.04 Å². The minimum Gasteiger partial charge on any atom is -0.393 e. The van der Waals surface area contributed by atoms with Crippen LogP contribution in [0.2, 0.25) is 0 Å². The molecule has 1 fully saturated rings. The Hall–Kier alpha value is -0.980. The van der Waals surface area contributed by atoms with Crippen molar-refractivity contribution in [1.29, 1.82) is 0 Å². The van der Waals surface area contributed by atoms with Gasteiger partial charge in [0.25, 0.3) is 0 Å². The highest BCUT2D eigenvalue weighted by molar-refractivity contribution is 7.89. The van der Waals surface area contributed by atoms with Crippen LogP contribution in [-0.2, 0) is 10.0 Å². The number of thiocarbonyl (C=S) groups is 1. The van der Waals surface area contributed by atoms with Gasteiger partial charge in [-0.1, -0.05) is 29.9 Å². The third-order valence-corrected chi connectivity index (χ3v) is 5.77. The van der Waals surface area contributed by atoms with E-state index < -0.39 is 10.0 Å². The predicted molar refractivity (Wildman–Crippen MR) is 84.2 cm³/mol. The molecule has 0 unspecified atom stereocenters. The lowest BCUT2D eigenvalue weighted by molar-refractivity contribution is 0.413. The van der Waals surface area contributed by atoms with Gasteiger partial charge in [0.1, 0.15) is 0 Å². The first-order chi connectivity index (χ1) is 9.32. The quantitative estimate of drug-likeness (QED) is 0.817. The van der Waals surface area contributed by atoms with Crippen molar-refractivity contribution in [1.82, 2.24) is 4.31 Å². The summed E-state index contributed by atoms with van der Waals surface area (Å²) in [4.78, 5) is 0.740. The molecule has 0 bridgehead atoms. The summed E-state index contributed by atoms with van der Waals surface area (Å²) < 4.78 is 27.2. The van der Waals surface area contributed by atoms with Crippen LogP contribution in [0.4, 0.5) is 0 Å². The molecule has 0 heterocycles. The van der Waals surface area contributed by atoms with E-state index in [4.69, 9.17) is 18.0 Å². The number of nitrogens with zero attached hydrogens (tertiary/aromatic N) is 1. The highest BCUT2D eigenvalue weighted by Crippen LogP contribution is 2.33. The molecule has 110 valence electrons. The molecule has 1 aliphatic rings. The normalized spacial score (nSPS) is 15.6. The van der Waals surface area contributed by atoms with Crippen LogP contribution in [0.25, 0.3) is 0 Å². The average Bonchev–Trinajstić information content (AvgIpc) is 3.12. The molecule has 2 rings (SSSR count). The molecule has 6 heteroatoms. The zero-order chi connectivity index (χ0) is 14.9. The minimum atomic E-state index is -3.46. The second-order valence-electron chi connectivity index (χ2n) is 5.33. The van der Waals surface area contributed by atoms with E-state index in [0.717, 1.165) is 24.0 Å². The van der Waals surface area contributed by atoms with Gasteiger partial charge in [-0.25, -0.2) is 8.42 Å². The van der Waals surface area contributed by atoms with Gasteiger partial charge in [0.2, 0.25) is 10.0 Å². The summed E-state index contributed by atoms with van der Waals surface area (Å²) in [6, 6.07) is 5.52. The van der Waals surface area contributed by atoms with Gasteiger partial charge in [-0.05, 0) is 38.3 Å². The SMILES string of the molecule is Cc1ccc(S(=O)(=O)N(CCC(N)=S)C2CC2)c(C)c1. The van der Waals surface area contributed by atoms with E-state index in [0.29, 0.717) is 22.8 Å². The summed E-state index contributed by atoms with van der Waals surface area (Å²) in [6.45, 7) is 4.16. The summed E-state index contributed by atoms with van der Waals surface area (Å²) in [6.07, 6.45) is 2.26. The van der Waals surface area contributed by atoms with Crippen LogP contribution in [0.15, 0.2) is 23.1 Å². The lowest BCUT2D eigenvalue weighted by atomic mass is 10.2. The third kappa shape index (κ3) is 3.37. The fourth-order valence-electron chi connectivity index (χ4n) is 2.30. The number of aryl methyl sites for hydroxylation is 2. The zero-order valence-electron chi connectivity index (χ0n) is 11.8. The van der Waals surface area contributed by atoms with Gasteiger partial charge in [0, 0.05) is 19.0 Å². The first-order valence-corrected chi connectivity index (χ1v) is 8.54. The topological polar surface area (TPSA) is 63.4 Å². The molecule has 1 aromatic rings. The number of hydrogen-bond donors (Lipinski definition) is 1. The largest absolute Gasteiger partial charge is 0.393 e. The molecule has 1 saturated carbocycles. The van der Waals surface area contributed by atoms with Gasteiger partial charge < -0.3 is 5.73 Å². The molecule has 2 N–H and O–H groups in total. The van der Waals surface area contributed by atoms with Crippen molar-refractivity contribution >= 4 is 27.2 Å². The second kappa shape index (κ2) is 5.79. The van der Waals surface area contributed by atoms with Gasteiger partial charge in [-0.2, -0.15) is 4.31 Å². The Balaban J connectivity index is 2.32. The van der Waals surface area contributed by atoms with Crippen molar-refractivity contribution in [2.24, 2.45) is 5.73 Å². The van der Waals surface area contributed by atoms with Crippen molar-refractivity contribution in [3.05, 3.63) is 29.3 Å². The summed E-state index contributed by atoms with van der Waals surface area (Å²) in [5.74, 6) is 0. The van der Waals surface area contributed by atoms with Crippen molar-refractivity contribution in [2.45, 2.75) is 44.0 Å². The van der Waals surface area contributed by atoms with Crippen LogP contribution >= 0.6 is 12.2 Å². The molecular formula is C14H20N2O2S2. The van der Waals surface area contributed by atoms with E-state index in [1.54, 1.807) is 10.4 Å². The smallest absolute Gasteiger partial charge is 0.243 e. The first kappa shape index (κ1) is 15.4. The highest BCUT2D eigenvalue weighted by atomic mass is 32.2. The van der Waals surface area contributed by atoms with Crippen LogP contribution in [0.1, 0.15) is 30.4 Å². The Morgan fingerprint density at radius 2 is 2.05 bits per heavy atom. The number of rotatable bonds is 6. The van der Waals surface area contributed by atoms with Crippen LogP contribution in [0.5, 0.6) is 0 Å². The number of sulfonamides is 1. The molecule has 0 aliphatic heterocycles. The van der Waals surface area contributed by atoms with Crippen molar-refractivity contribution in [3.63, 3.8) is 0 Å². The van der Waals surface area contributed by atoms with E-state index in [1.807, 2.05) is 26.0 Å². The molecule has 0 atom stereocenters. The van der Waals surface area contributed by atoms with Crippen LogP contribution < -0.4 is 5.73 Å². The summed E-state index contributed by atoms with van der Waals surface area (Å²) >= 11 is 4.86. The minimum absolute atomic E-state index is 0.107. The van der Waals surface area contributed by atoms with Crippen LogP contribution in [0.3, 0.4) is 0 Å². The average molecular weight is 312 g/mol. The number of hydrogen-bond acceptors (Lipinski definition) is 3. The van der Waals surface area contributed by atoms with E-state index in [2.05, 4.69) is 0 Å². The van der Waals surface area contributed by atoms with E-state index in [9.17, 15) is 8.42 Å². The lowest BCUT2D eigenvalue weighted by Crippen LogP contribution is -2.36. The first-order valence-electron chi connectivity index (χ1n) is 6.70. The summed E-state index contributed by atoms with van der Waals surface area (Å²) in [7, 11) is -3.46. The molecular weight excluding hydrogens is 292 g/mol. The predicted octanol–water partition coefficient (Wildman–Crippen LogP) is 2.13. The summed E-state index contributed by atoms with van der Waals surface area (Å²) in [5, 5.41) is 0. The zero-order valence-corrected chi connectivity index (χ0v) is 13.4. The highest BCUT2D eigenvalue weighted by Gasteiger charge is 2.38. The Labute approximate surface area is 126 Å². The van der Waals surface area contributed by atoms with E-state index in [1.165, 1.54) is 0 Å². The van der Waals surface area contributed by atoms with Gasteiger partial charge in [-0.3, -0.25) is 0 Å². The molecule has 0 amide bonds. The summed E-state index contributed by atoms with van der Waals surface area (Å²) in [5.41, 5.74) is 7.34. The molecule has 0 aromatic heterocycles. The van der Waals surface area contributed by atoms with Crippen molar-refractivity contribution in [3.8, 4) is 0 Å². The Kier molecular flexibility index (Phi) is 4.46. The number of nitrogens with two attached hydrogens (primary N) is 1. The van der Waals surface area contributed by atoms with Crippen LogP contribution in [-0.4, -0.2) is 30.3 Å². The Morgan fingerprint density at radius 3 is 2.55 bits per heavy atom. The van der Waals surface area contributed by atoms with E-state index >= 15 is 0 Å².